The third kappa shape index (κ3) is 6.42. The standard InChI is InChI=1S/C26H35N3O3/c1-5-9-23(30)18-28(16-17-31-4)19-25-21(3)27-29(22-10-7-6-8-11-22)26(25)32-24-14-12-20(2)13-15-24/h6-8,10-15,23,30H,5,9,16-19H2,1-4H3. The van der Waals surface area contributed by atoms with Crippen LogP contribution in [0.3, 0.4) is 0 Å². The number of aliphatic hydroxyl groups is 1. The first-order valence-electron chi connectivity index (χ1n) is 11.3. The summed E-state index contributed by atoms with van der Waals surface area (Å²) in [5.74, 6) is 1.47. The van der Waals surface area contributed by atoms with E-state index < -0.39 is 0 Å². The van der Waals surface area contributed by atoms with Gasteiger partial charge in [0.1, 0.15) is 5.75 Å². The molecule has 0 aliphatic heterocycles. The molecule has 1 atom stereocenters. The number of nitrogens with zero attached hydrogens (tertiary/aromatic N) is 3. The van der Waals surface area contributed by atoms with Crippen molar-refractivity contribution in [2.45, 2.75) is 46.3 Å². The van der Waals surface area contributed by atoms with Crippen molar-refractivity contribution in [2.24, 2.45) is 0 Å². The lowest BCUT2D eigenvalue weighted by atomic mass is 10.1. The van der Waals surface area contributed by atoms with Crippen LogP contribution < -0.4 is 4.74 Å². The molecule has 32 heavy (non-hydrogen) atoms. The summed E-state index contributed by atoms with van der Waals surface area (Å²) in [5, 5.41) is 15.3. The molecule has 0 amide bonds. The molecule has 1 aromatic heterocycles. The molecule has 0 saturated carbocycles. The Kier molecular flexibility index (Phi) is 8.85. The van der Waals surface area contributed by atoms with Gasteiger partial charge in [0.25, 0.3) is 0 Å². The van der Waals surface area contributed by atoms with Crippen LogP contribution in [0.25, 0.3) is 5.69 Å². The van der Waals surface area contributed by atoms with Crippen LogP contribution in [0.1, 0.15) is 36.6 Å². The Morgan fingerprint density at radius 1 is 1.06 bits per heavy atom. The van der Waals surface area contributed by atoms with Gasteiger partial charge in [0.05, 0.1) is 29.7 Å². The van der Waals surface area contributed by atoms with Crippen LogP contribution in [0.4, 0.5) is 0 Å². The van der Waals surface area contributed by atoms with Crippen molar-refractivity contribution in [3.63, 3.8) is 0 Å². The maximum absolute atomic E-state index is 10.4. The summed E-state index contributed by atoms with van der Waals surface area (Å²) in [7, 11) is 1.70. The second-order valence-corrected chi connectivity index (χ2v) is 8.20. The van der Waals surface area contributed by atoms with E-state index in [0.29, 0.717) is 25.6 Å². The molecule has 6 nitrogen and oxygen atoms in total. The molecular weight excluding hydrogens is 402 g/mol. The number of aliphatic hydroxyl groups excluding tert-OH is 1. The Labute approximate surface area is 191 Å². The molecule has 0 radical (unpaired) electrons. The molecular formula is C26H35N3O3. The van der Waals surface area contributed by atoms with Crippen LogP contribution in [-0.2, 0) is 11.3 Å². The number of ether oxygens (including phenoxy) is 2. The summed E-state index contributed by atoms with van der Waals surface area (Å²) in [5.41, 5.74) is 4.04. The van der Waals surface area contributed by atoms with Crippen LogP contribution in [0.2, 0.25) is 0 Å². The van der Waals surface area contributed by atoms with E-state index in [1.807, 2.05) is 66.2 Å². The lowest BCUT2D eigenvalue weighted by Gasteiger charge is -2.25. The van der Waals surface area contributed by atoms with Crippen molar-refractivity contribution < 1.29 is 14.6 Å². The quantitative estimate of drug-likeness (QED) is 0.437. The van der Waals surface area contributed by atoms with Crippen molar-refractivity contribution in [2.75, 3.05) is 26.8 Å². The SMILES string of the molecule is CCCC(O)CN(CCOC)Cc1c(C)nn(-c2ccccc2)c1Oc1ccc(C)cc1. The zero-order valence-electron chi connectivity index (χ0n) is 19.6. The number of aryl methyl sites for hydroxylation is 2. The van der Waals surface area contributed by atoms with Gasteiger partial charge in [0.2, 0.25) is 5.88 Å². The Morgan fingerprint density at radius 2 is 1.78 bits per heavy atom. The lowest BCUT2D eigenvalue weighted by Crippen LogP contribution is -2.34. The Hall–Kier alpha value is -2.67. The van der Waals surface area contributed by atoms with Crippen molar-refractivity contribution in [3.8, 4) is 17.3 Å². The summed E-state index contributed by atoms with van der Waals surface area (Å²) in [6.07, 6.45) is 1.35. The molecule has 0 aliphatic carbocycles. The molecule has 3 rings (SSSR count). The van der Waals surface area contributed by atoms with Gasteiger partial charge < -0.3 is 14.6 Å². The van der Waals surface area contributed by atoms with E-state index in [0.717, 1.165) is 42.1 Å². The molecule has 2 aromatic carbocycles. The minimum absolute atomic E-state index is 0.372. The predicted molar refractivity (Wildman–Crippen MR) is 128 cm³/mol. The number of hydrogen-bond donors (Lipinski definition) is 1. The highest BCUT2D eigenvalue weighted by Gasteiger charge is 2.22. The maximum Gasteiger partial charge on any atom is 0.227 e. The van der Waals surface area contributed by atoms with Crippen molar-refractivity contribution >= 4 is 0 Å². The minimum atomic E-state index is -0.372. The molecule has 6 heteroatoms. The normalized spacial score (nSPS) is 12.3. The summed E-state index contributed by atoms with van der Waals surface area (Å²) in [4.78, 5) is 2.21. The molecule has 0 bridgehead atoms. The lowest BCUT2D eigenvalue weighted by molar-refractivity contribution is 0.0795. The van der Waals surface area contributed by atoms with Crippen LogP contribution in [-0.4, -0.2) is 52.7 Å². The third-order valence-electron chi connectivity index (χ3n) is 5.46. The highest BCUT2D eigenvalue weighted by Crippen LogP contribution is 2.31. The average Bonchev–Trinajstić information content (AvgIpc) is 3.09. The topological polar surface area (TPSA) is 59.8 Å². The van der Waals surface area contributed by atoms with Gasteiger partial charge in [-0.05, 0) is 44.5 Å². The number of para-hydroxylation sites is 1. The number of rotatable bonds is 12. The highest BCUT2D eigenvalue weighted by molar-refractivity contribution is 5.43. The largest absolute Gasteiger partial charge is 0.439 e. The zero-order valence-corrected chi connectivity index (χ0v) is 19.6. The highest BCUT2D eigenvalue weighted by atomic mass is 16.5. The first-order valence-corrected chi connectivity index (χ1v) is 11.3. The third-order valence-corrected chi connectivity index (χ3v) is 5.46. The Bertz CT molecular complexity index is 954. The van der Waals surface area contributed by atoms with Crippen LogP contribution in [0.5, 0.6) is 11.6 Å². The van der Waals surface area contributed by atoms with E-state index in [4.69, 9.17) is 14.6 Å². The van der Waals surface area contributed by atoms with Gasteiger partial charge in [-0.3, -0.25) is 4.90 Å². The summed E-state index contributed by atoms with van der Waals surface area (Å²) in [6, 6.07) is 18.0. The van der Waals surface area contributed by atoms with E-state index in [-0.39, 0.29) is 6.10 Å². The van der Waals surface area contributed by atoms with Gasteiger partial charge in [-0.25, -0.2) is 4.68 Å². The molecule has 0 aliphatic rings. The molecule has 1 N–H and O–H groups in total. The van der Waals surface area contributed by atoms with Gasteiger partial charge in [0, 0.05) is 26.7 Å². The summed E-state index contributed by atoms with van der Waals surface area (Å²) in [6.45, 7) is 8.66. The fraction of sp³-hybridized carbons (Fsp3) is 0.423. The van der Waals surface area contributed by atoms with Gasteiger partial charge in [-0.15, -0.1) is 0 Å². The molecule has 0 saturated heterocycles. The molecule has 0 fully saturated rings. The zero-order chi connectivity index (χ0) is 22.9. The Balaban J connectivity index is 1.97. The van der Waals surface area contributed by atoms with E-state index >= 15 is 0 Å². The van der Waals surface area contributed by atoms with Gasteiger partial charge in [0.15, 0.2) is 0 Å². The van der Waals surface area contributed by atoms with E-state index in [1.54, 1.807) is 7.11 Å². The average molecular weight is 438 g/mol. The molecule has 3 aromatic rings. The molecule has 172 valence electrons. The second-order valence-electron chi connectivity index (χ2n) is 8.20. The van der Waals surface area contributed by atoms with E-state index in [9.17, 15) is 5.11 Å². The summed E-state index contributed by atoms with van der Waals surface area (Å²) >= 11 is 0. The van der Waals surface area contributed by atoms with Crippen molar-refractivity contribution in [1.29, 1.82) is 0 Å². The first-order chi connectivity index (χ1) is 15.5. The monoisotopic (exact) mass is 437 g/mol. The van der Waals surface area contributed by atoms with E-state index in [1.165, 1.54) is 5.56 Å². The van der Waals surface area contributed by atoms with Crippen molar-refractivity contribution in [3.05, 3.63) is 71.4 Å². The molecule has 1 unspecified atom stereocenters. The molecule has 1 heterocycles. The number of aromatic nitrogens is 2. The van der Waals surface area contributed by atoms with Gasteiger partial charge >= 0.3 is 0 Å². The van der Waals surface area contributed by atoms with Crippen molar-refractivity contribution in [1.82, 2.24) is 14.7 Å². The van der Waals surface area contributed by atoms with Crippen LogP contribution in [0.15, 0.2) is 54.6 Å². The summed E-state index contributed by atoms with van der Waals surface area (Å²) < 4.78 is 13.6. The fourth-order valence-corrected chi connectivity index (χ4v) is 3.69. The van der Waals surface area contributed by atoms with Crippen LogP contribution in [0, 0.1) is 13.8 Å². The van der Waals surface area contributed by atoms with E-state index in [2.05, 4.69) is 18.7 Å². The predicted octanol–water partition coefficient (Wildman–Crippen LogP) is 4.89. The second kappa shape index (κ2) is 11.8. The minimum Gasteiger partial charge on any atom is -0.439 e. The smallest absolute Gasteiger partial charge is 0.227 e. The number of hydrogen-bond acceptors (Lipinski definition) is 5. The van der Waals surface area contributed by atoms with Gasteiger partial charge in [-0.2, -0.15) is 5.10 Å². The fourth-order valence-electron chi connectivity index (χ4n) is 3.69. The first kappa shape index (κ1) is 24.0. The van der Waals surface area contributed by atoms with Gasteiger partial charge in [-0.1, -0.05) is 49.2 Å². The number of methoxy groups -OCH3 is 1. The Morgan fingerprint density at radius 3 is 2.44 bits per heavy atom. The molecule has 0 spiro atoms. The van der Waals surface area contributed by atoms with Crippen LogP contribution >= 0.6 is 0 Å². The maximum atomic E-state index is 10.4. The number of benzene rings is 2.